The van der Waals surface area contributed by atoms with E-state index in [9.17, 15) is 9.59 Å². The van der Waals surface area contributed by atoms with Crippen LogP contribution in [0.1, 0.15) is 33.2 Å². The summed E-state index contributed by atoms with van der Waals surface area (Å²) in [5.74, 6) is -0.525. The summed E-state index contributed by atoms with van der Waals surface area (Å²) in [7, 11) is 0. The van der Waals surface area contributed by atoms with E-state index in [2.05, 4.69) is 15.6 Å². The van der Waals surface area contributed by atoms with Crippen LogP contribution in [0.25, 0.3) is 0 Å². The molecule has 1 heterocycles. The second-order valence-corrected chi connectivity index (χ2v) is 5.11. The van der Waals surface area contributed by atoms with Crippen LogP contribution in [-0.2, 0) is 0 Å². The number of nitrogens with one attached hydrogen (secondary N) is 2. The molecule has 1 aromatic heterocycles. The molecular formula is C16H16ClN3O2. The van der Waals surface area contributed by atoms with Gasteiger partial charge in [0.05, 0.1) is 10.6 Å². The van der Waals surface area contributed by atoms with Crippen LogP contribution in [0.15, 0.2) is 36.7 Å². The summed E-state index contributed by atoms with van der Waals surface area (Å²) in [6.07, 6.45) is 2.91. The number of halogens is 1. The van der Waals surface area contributed by atoms with Gasteiger partial charge >= 0.3 is 0 Å². The Morgan fingerprint density at radius 3 is 2.68 bits per heavy atom. The highest BCUT2D eigenvalue weighted by Crippen LogP contribution is 2.20. The van der Waals surface area contributed by atoms with Crippen molar-refractivity contribution in [3.8, 4) is 0 Å². The summed E-state index contributed by atoms with van der Waals surface area (Å²) in [6.45, 7) is 4.24. The topological polar surface area (TPSA) is 71.1 Å². The molecule has 5 nitrogen and oxygen atoms in total. The minimum atomic E-state index is -0.344. The Kier molecular flexibility index (Phi) is 5.12. The normalized spacial score (nSPS) is 10.1. The van der Waals surface area contributed by atoms with Crippen molar-refractivity contribution in [2.24, 2.45) is 0 Å². The molecule has 0 radical (unpaired) electrons. The molecule has 0 aliphatic carbocycles. The van der Waals surface area contributed by atoms with Crippen molar-refractivity contribution < 1.29 is 9.59 Å². The summed E-state index contributed by atoms with van der Waals surface area (Å²) in [6, 6.07) is 6.69. The van der Waals surface area contributed by atoms with Gasteiger partial charge in [0, 0.05) is 30.2 Å². The lowest BCUT2D eigenvalue weighted by Crippen LogP contribution is -2.23. The molecule has 114 valence electrons. The van der Waals surface area contributed by atoms with Crippen LogP contribution in [-0.4, -0.2) is 23.3 Å². The Labute approximate surface area is 133 Å². The van der Waals surface area contributed by atoms with Crippen molar-refractivity contribution >= 4 is 29.1 Å². The number of pyridine rings is 1. The molecular weight excluding hydrogens is 302 g/mol. The summed E-state index contributed by atoms with van der Waals surface area (Å²) in [5, 5.41) is 5.77. The molecule has 0 bridgehead atoms. The van der Waals surface area contributed by atoms with Crippen molar-refractivity contribution in [2.75, 3.05) is 11.9 Å². The first-order chi connectivity index (χ1) is 10.5. The first kappa shape index (κ1) is 16.0. The number of carbonyl (C=O) groups is 2. The molecule has 2 aromatic rings. The van der Waals surface area contributed by atoms with E-state index in [0.717, 1.165) is 5.56 Å². The number of aromatic nitrogens is 1. The molecule has 1 aromatic carbocycles. The van der Waals surface area contributed by atoms with Gasteiger partial charge in [-0.1, -0.05) is 17.7 Å². The minimum absolute atomic E-state index is 0.181. The van der Waals surface area contributed by atoms with Gasteiger partial charge in [0.25, 0.3) is 11.8 Å². The Hall–Kier alpha value is -2.40. The van der Waals surface area contributed by atoms with Crippen LogP contribution < -0.4 is 10.6 Å². The predicted octanol–water partition coefficient (Wildman–Crippen LogP) is 3.05. The molecule has 0 fully saturated rings. The minimum Gasteiger partial charge on any atom is -0.352 e. The summed E-state index contributed by atoms with van der Waals surface area (Å²) >= 11 is 5.96. The average molecular weight is 318 g/mol. The van der Waals surface area contributed by atoms with Gasteiger partial charge in [-0.15, -0.1) is 0 Å². The maximum Gasteiger partial charge on any atom is 0.257 e. The van der Waals surface area contributed by atoms with E-state index in [1.807, 2.05) is 13.8 Å². The van der Waals surface area contributed by atoms with Gasteiger partial charge in [-0.2, -0.15) is 0 Å². The Balaban J connectivity index is 2.25. The molecule has 0 spiro atoms. The lowest BCUT2D eigenvalue weighted by molar-refractivity contribution is 0.0954. The van der Waals surface area contributed by atoms with Crippen LogP contribution in [0.4, 0.5) is 5.69 Å². The highest BCUT2D eigenvalue weighted by atomic mass is 35.5. The number of carbonyl (C=O) groups excluding carboxylic acids is 2. The van der Waals surface area contributed by atoms with Crippen LogP contribution in [0.3, 0.4) is 0 Å². The molecule has 22 heavy (non-hydrogen) atoms. The third-order valence-electron chi connectivity index (χ3n) is 3.10. The summed E-state index contributed by atoms with van der Waals surface area (Å²) < 4.78 is 0. The maximum atomic E-state index is 12.3. The van der Waals surface area contributed by atoms with Gasteiger partial charge in [0.15, 0.2) is 0 Å². The molecule has 0 saturated carbocycles. The molecule has 2 rings (SSSR count). The van der Waals surface area contributed by atoms with Crippen LogP contribution in [0.2, 0.25) is 5.02 Å². The number of anilines is 1. The van der Waals surface area contributed by atoms with E-state index in [1.165, 1.54) is 12.4 Å². The second kappa shape index (κ2) is 7.04. The predicted molar refractivity (Wildman–Crippen MR) is 86.4 cm³/mol. The standard InChI is InChI=1S/C16H16ClN3O2/c1-3-19-15(21)11-5-4-10(2)14(8-11)20-16(22)12-6-7-18-9-13(12)17/h4-9H,3H2,1-2H3,(H,19,21)(H,20,22). The van der Waals surface area contributed by atoms with E-state index in [0.29, 0.717) is 23.4 Å². The SMILES string of the molecule is CCNC(=O)c1ccc(C)c(NC(=O)c2ccncc2Cl)c1. The molecule has 2 amide bonds. The van der Waals surface area contributed by atoms with Crippen LogP contribution in [0.5, 0.6) is 0 Å². The summed E-state index contributed by atoms with van der Waals surface area (Å²) in [5.41, 5.74) is 2.25. The van der Waals surface area contributed by atoms with Crippen molar-refractivity contribution in [1.29, 1.82) is 0 Å². The average Bonchev–Trinajstić information content (AvgIpc) is 2.50. The molecule has 0 aliphatic heterocycles. The fraction of sp³-hybridized carbons (Fsp3) is 0.188. The number of aryl methyl sites for hydroxylation is 1. The lowest BCUT2D eigenvalue weighted by atomic mass is 10.1. The number of benzene rings is 1. The third kappa shape index (κ3) is 3.62. The highest BCUT2D eigenvalue weighted by molar-refractivity contribution is 6.34. The maximum absolute atomic E-state index is 12.3. The van der Waals surface area contributed by atoms with E-state index < -0.39 is 0 Å². The van der Waals surface area contributed by atoms with Gasteiger partial charge in [-0.25, -0.2) is 0 Å². The van der Waals surface area contributed by atoms with Gasteiger partial charge in [0.1, 0.15) is 0 Å². The van der Waals surface area contributed by atoms with Crippen LogP contribution in [0, 0.1) is 6.92 Å². The van der Waals surface area contributed by atoms with Gasteiger partial charge in [-0.05, 0) is 37.6 Å². The zero-order chi connectivity index (χ0) is 16.1. The van der Waals surface area contributed by atoms with Crippen molar-refractivity contribution in [3.05, 3.63) is 58.4 Å². The van der Waals surface area contributed by atoms with Crippen molar-refractivity contribution in [1.82, 2.24) is 10.3 Å². The van der Waals surface area contributed by atoms with Crippen molar-refractivity contribution in [2.45, 2.75) is 13.8 Å². The van der Waals surface area contributed by atoms with Gasteiger partial charge < -0.3 is 10.6 Å². The zero-order valence-electron chi connectivity index (χ0n) is 12.3. The first-order valence-electron chi connectivity index (χ1n) is 6.82. The molecule has 0 aliphatic rings. The molecule has 2 N–H and O–H groups in total. The smallest absolute Gasteiger partial charge is 0.257 e. The lowest BCUT2D eigenvalue weighted by Gasteiger charge is -2.11. The first-order valence-corrected chi connectivity index (χ1v) is 7.20. The van der Waals surface area contributed by atoms with Gasteiger partial charge in [-0.3, -0.25) is 14.6 Å². The van der Waals surface area contributed by atoms with E-state index in [4.69, 9.17) is 11.6 Å². The quantitative estimate of drug-likeness (QED) is 0.910. The number of hydrogen-bond acceptors (Lipinski definition) is 3. The second-order valence-electron chi connectivity index (χ2n) is 4.70. The molecule has 0 unspecified atom stereocenters. The zero-order valence-corrected chi connectivity index (χ0v) is 13.1. The monoisotopic (exact) mass is 317 g/mol. The van der Waals surface area contributed by atoms with E-state index >= 15 is 0 Å². The molecule has 6 heteroatoms. The van der Waals surface area contributed by atoms with E-state index in [-0.39, 0.29) is 16.8 Å². The fourth-order valence-corrected chi connectivity index (χ4v) is 2.11. The Morgan fingerprint density at radius 1 is 1.23 bits per heavy atom. The Morgan fingerprint density at radius 2 is 2.00 bits per heavy atom. The molecule has 0 saturated heterocycles. The van der Waals surface area contributed by atoms with Crippen LogP contribution >= 0.6 is 11.6 Å². The number of amides is 2. The largest absolute Gasteiger partial charge is 0.352 e. The highest BCUT2D eigenvalue weighted by Gasteiger charge is 2.13. The van der Waals surface area contributed by atoms with E-state index in [1.54, 1.807) is 24.3 Å². The summed E-state index contributed by atoms with van der Waals surface area (Å²) in [4.78, 5) is 28.0. The molecule has 0 atom stereocenters. The number of rotatable bonds is 4. The number of nitrogens with zero attached hydrogens (tertiary/aromatic N) is 1. The van der Waals surface area contributed by atoms with Gasteiger partial charge in [0.2, 0.25) is 0 Å². The fourth-order valence-electron chi connectivity index (χ4n) is 1.91. The Bertz CT molecular complexity index is 716. The van der Waals surface area contributed by atoms with Crippen molar-refractivity contribution in [3.63, 3.8) is 0 Å². The number of hydrogen-bond donors (Lipinski definition) is 2. The third-order valence-corrected chi connectivity index (χ3v) is 3.40.